The first-order valence-corrected chi connectivity index (χ1v) is 15.6. The van der Waals surface area contributed by atoms with Crippen LogP contribution in [0.4, 0.5) is 0 Å². The average Bonchev–Trinajstić information content (AvgIpc) is 3.26. The zero-order valence-corrected chi connectivity index (χ0v) is 24.9. The van der Waals surface area contributed by atoms with Gasteiger partial charge in [-0.15, -0.1) is 0 Å². The zero-order valence-electron chi connectivity index (χ0n) is 24.9. The van der Waals surface area contributed by atoms with Crippen molar-refractivity contribution in [2.45, 2.75) is 83.8 Å². The Morgan fingerprint density at radius 3 is 1.49 bits per heavy atom. The number of fused-ring (bicyclic) bond motifs is 5. The molecule has 6 atom stereocenters. The van der Waals surface area contributed by atoms with Gasteiger partial charge in [-0.1, -0.05) is 112 Å². The molecule has 0 spiro atoms. The Hall–Kier alpha value is -3.04. The first-order valence-electron chi connectivity index (χ1n) is 15.6. The Morgan fingerprint density at radius 2 is 1.10 bits per heavy atom. The van der Waals surface area contributed by atoms with Gasteiger partial charge in [0.15, 0.2) is 0 Å². The predicted octanol–water partition coefficient (Wildman–Crippen LogP) is 7.45. The van der Waals surface area contributed by atoms with Gasteiger partial charge in [0.25, 0.3) is 0 Å². The number of rotatable bonds is 4. The second-order valence-corrected chi connectivity index (χ2v) is 14.5. The minimum absolute atomic E-state index is 0.261. The molecule has 0 aliphatic heterocycles. The molecule has 2 aromatic rings. The second kappa shape index (κ2) is 9.49. The van der Waals surface area contributed by atoms with Gasteiger partial charge < -0.3 is 10.2 Å². The summed E-state index contributed by atoms with van der Waals surface area (Å²) in [7, 11) is 0. The fourth-order valence-electron chi connectivity index (χ4n) is 9.03. The van der Waals surface area contributed by atoms with E-state index in [-0.39, 0.29) is 10.8 Å². The summed E-state index contributed by atoms with van der Waals surface area (Å²) >= 11 is 0. The van der Waals surface area contributed by atoms with E-state index in [2.05, 4.69) is 112 Å². The number of aliphatic hydroxyl groups excluding tert-OH is 2. The van der Waals surface area contributed by atoms with Crippen molar-refractivity contribution in [3.63, 3.8) is 0 Å². The van der Waals surface area contributed by atoms with Gasteiger partial charge in [0.1, 0.15) is 12.2 Å². The largest absolute Gasteiger partial charge is 0.376 e. The van der Waals surface area contributed by atoms with Gasteiger partial charge in [-0.25, -0.2) is 0 Å². The lowest BCUT2D eigenvalue weighted by Crippen LogP contribution is -2.49. The molecule has 0 amide bonds. The van der Waals surface area contributed by atoms with Gasteiger partial charge in [-0.3, -0.25) is 0 Å². The normalized spacial score (nSPS) is 29.8. The topological polar surface area (TPSA) is 40.5 Å². The van der Waals surface area contributed by atoms with Crippen molar-refractivity contribution in [2.75, 3.05) is 0 Å². The second-order valence-electron chi connectivity index (χ2n) is 14.5. The standard InChI is InChI=1S/C39H42O2/c1-37(2)25-17-19-29(33(37)23-25)35(40)15-9-21-39(31-13-7-5-11-27(31)28-12-6-8-14-32(28)39)22-10-16-36(41)30-20-18-26-24-34(30)38(26,3)4/h5-8,11-14,19-20,25-26,33-36,40-41H,17-18,21-24H2,1-4H3/t25-,26-,33+,34+,35?,36?/m1/s1. The average molecular weight is 543 g/mol. The van der Waals surface area contributed by atoms with Crippen LogP contribution in [0.25, 0.3) is 11.1 Å². The van der Waals surface area contributed by atoms with Crippen molar-refractivity contribution in [2.24, 2.45) is 34.5 Å². The van der Waals surface area contributed by atoms with Crippen LogP contribution in [-0.4, -0.2) is 22.4 Å². The van der Waals surface area contributed by atoms with E-state index in [1.807, 2.05) is 0 Å². The highest BCUT2D eigenvalue weighted by molar-refractivity contribution is 5.81. The molecule has 2 aromatic carbocycles. The van der Waals surface area contributed by atoms with Crippen LogP contribution in [0.15, 0.2) is 71.8 Å². The van der Waals surface area contributed by atoms with E-state index in [1.54, 1.807) is 0 Å². The fourth-order valence-corrected chi connectivity index (χ4v) is 9.03. The lowest BCUT2D eigenvalue weighted by atomic mass is 9.48. The molecule has 2 nitrogen and oxygen atoms in total. The van der Waals surface area contributed by atoms with Crippen LogP contribution in [0.3, 0.4) is 0 Å². The molecule has 2 fully saturated rings. The summed E-state index contributed by atoms with van der Waals surface area (Å²) in [6, 6.07) is 17.2. The molecule has 2 saturated carbocycles. The van der Waals surface area contributed by atoms with Gasteiger partial charge in [0.05, 0.1) is 0 Å². The molecule has 2 N–H and O–H groups in total. The Balaban J connectivity index is 1.20. The predicted molar refractivity (Wildman–Crippen MR) is 166 cm³/mol. The number of allylic oxidation sites excluding steroid dienone is 2. The first kappa shape index (κ1) is 26.8. The molecule has 2 unspecified atom stereocenters. The lowest BCUT2D eigenvalue weighted by Gasteiger charge is -2.56. The number of aliphatic hydroxyl groups is 2. The summed E-state index contributed by atoms with van der Waals surface area (Å²) in [5.74, 6) is 15.8. The molecule has 0 aromatic heterocycles. The van der Waals surface area contributed by atoms with Crippen molar-refractivity contribution in [1.82, 2.24) is 0 Å². The van der Waals surface area contributed by atoms with Crippen LogP contribution in [0.2, 0.25) is 0 Å². The minimum Gasteiger partial charge on any atom is -0.376 e. The van der Waals surface area contributed by atoms with Gasteiger partial charge in [0, 0.05) is 18.3 Å². The van der Waals surface area contributed by atoms with Crippen molar-refractivity contribution >= 4 is 0 Å². The number of benzene rings is 2. The molecule has 7 aliphatic rings. The lowest BCUT2D eigenvalue weighted by molar-refractivity contribution is -0.0169. The molecular formula is C39H42O2. The maximum atomic E-state index is 11.2. The molecule has 0 heterocycles. The van der Waals surface area contributed by atoms with Crippen LogP contribution in [0.1, 0.15) is 77.3 Å². The summed E-state index contributed by atoms with van der Waals surface area (Å²) in [5, 5.41) is 22.4. The highest BCUT2D eigenvalue weighted by Gasteiger charge is 2.53. The number of hydrogen-bond acceptors (Lipinski definition) is 2. The maximum absolute atomic E-state index is 11.2. The fraction of sp³-hybridized carbons (Fsp3) is 0.487. The Morgan fingerprint density at radius 1 is 0.683 bits per heavy atom. The molecule has 0 radical (unpaired) electrons. The summed E-state index contributed by atoms with van der Waals surface area (Å²) < 4.78 is 0. The first-order chi connectivity index (χ1) is 19.6. The molecule has 9 rings (SSSR count). The summed E-state index contributed by atoms with van der Waals surface area (Å²) in [6.07, 6.45) is 8.67. The van der Waals surface area contributed by atoms with Gasteiger partial charge in [-0.05, 0) is 93.6 Å². The Bertz CT molecular complexity index is 1460. The van der Waals surface area contributed by atoms with Crippen molar-refractivity contribution in [3.05, 3.63) is 83.0 Å². The smallest absolute Gasteiger partial charge is 0.136 e. The van der Waals surface area contributed by atoms with Crippen LogP contribution in [-0.2, 0) is 5.41 Å². The van der Waals surface area contributed by atoms with Crippen molar-refractivity contribution in [1.29, 1.82) is 0 Å². The third kappa shape index (κ3) is 3.95. The molecule has 210 valence electrons. The molecule has 4 bridgehead atoms. The summed E-state index contributed by atoms with van der Waals surface area (Å²) in [6.45, 7) is 9.34. The van der Waals surface area contributed by atoms with E-state index in [0.29, 0.717) is 24.7 Å². The third-order valence-corrected chi connectivity index (χ3v) is 12.1. The van der Waals surface area contributed by atoms with Crippen LogP contribution in [0, 0.1) is 58.2 Å². The van der Waals surface area contributed by atoms with Crippen molar-refractivity contribution in [3.8, 4) is 34.8 Å². The maximum Gasteiger partial charge on any atom is 0.136 e. The minimum atomic E-state index is -0.717. The number of hydrogen-bond donors (Lipinski definition) is 2. The van der Waals surface area contributed by atoms with E-state index < -0.39 is 17.6 Å². The van der Waals surface area contributed by atoms with E-state index in [9.17, 15) is 10.2 Å². The van der Waals surface area contributed by atoms with Crippen LogP contribution < -0.4 is 0 Å². The monoisotopic (exact) mass is 542 g/mol. The molecule has 0 saturated heterocycles. The highest BCUT2D eigenvalue weighted by Crippen LogP contribution is 2.61. The SMILES string of the molecule is CC1(C)[C@@H]2CC=C(C(O)C#CCC3(CC#CC(O)C4=CC[C@@H]5C[C@@H]4C5(C)C)c4ccccc4-c4ccccc43)[C@@H]1C2. The Labute approximate surface area is 246 Å². The molecule has 2 heteroatoms. The van der Waals surface area contributed by atoms with E-state index >= 15 is 0 Å². The molecular weight excluding hydrogens is 500 g/mol. The van der Waals surface area contributed by atoms with Gasteiger partial charge in [-0.2, -0.15) is 0 Å². The molecule has 7 aliphatic carbocycles. The third-order valence-electron chi connectivity index (χ3n) is 12.1. The quantitative estimate of drug-likeness (QED) is 0.311. The van der Waals surface area contributed by atoms with E-state index in [1.165, 1.54) is 35.1 Å². The van der Waals surface area contributed by atoms with Crippen LogP contribution in [0.5, 0.6) is 0 Å². The van der Waals surface area contributed by atoms with E-state index in [0.717, 1.165) is 35.8 Å². The van der Waals surface area contributed by atoms with Crippen molar-refractivity contribution < 1.29 is 10.2 Å². The summed E-state index contributed by atoms with van der Waals surface area (Å²) in [5.41, 5.74) is 7.32. The van der Waals surface area contributed by atoms with Gasteiger partial charge >= 0.3 is 0 Å². The summed E-state index contributed by atoms with van der Waals surface area (Å²) in [4.78, 5) is 0. The molecule has 41 heavy (non-hydrogen) atoms. The van der Waals surface area contributed by atoms with Gasteiger partial charge in [0.2, 0.25) is 0 Å². The van der Waals surface area contributed by atoms with E-state index in [4.69, 9.17) is 0 Å². The highest BCUT2D eigenvalue weighted by atomic mass is 16.3. The Kier molecular flexibility index (Phi) is 6.21. The van der Waals surface area contributed by atoms with Crippen LogP contribution >= 0.6 is 0 Å². The zero-order chi connectivity index (χ0) is 28.6.